The number of aryl methyl sites for hydroxylation is 1. The van der Waals surface area contributed by atoms with Gasteiger partial charge in [-0.15, -0.1) is 0 Å². The number of nitrogens with one attached hydrogen (secondary N) is 1. The SMILES string of the molecule is CCC1(CC)CSC(Nc2cc(Cl)ccc2C)=N1. The van der Waals surface area contributed by atoms with E-state index in [0.29, 0.717) is 0 Å². The van der Waals surface area contributed by atoms with Crippen molar-refractivity contribution < 1.29 is 0 Å². The summed E-state index contributed by atoms with van der Waals surface area (Å²) in [6.45, 7) is 6.49. The molecule has 98 valence electrons. The third-order valence-electron chi connectivity index (χ3n) is 3.57. The van der Waals surface area contributed by atoms with E-state index in [1.807, 2.05) is 18.2 Å². The highest BCUT2D eigenvalue weighted by Gasteiger charge is 2.32. The largest absolute Gasteiger partial charge is 0.335 e. The Morgan fingerprint density at radius 1 is 1.39 bits per heavy atom. The van der Waals surface area contributed by atoms with Gasteiger partial charge in [-0.05, 0) is 37.5 Å². The zero-order chi connectivity index (χ0) is 13.2. The van der Waals surface area contributed by atoms with Gasteiger partial charge in [0.2, 0.25) is 0 Å². The lowest BCUT2D eigenvalue weighted by Crippen LogP contribution is -2.24. The number of hydrogen-bond acceptors (Lipinski definition) is 3. The molecule has 2 rings (SSSR count). The van der Waals surface area contributed by atoms with Crippen LogP contribution < -0.4 is 5.32 Å². The molecule has 0 aliphatic carbocycles. The van der Waals surface area contributed by atoms with Crippen molar-refractivity contribution in [3.63, 3.8) is 0 Å². The van der Waals surface area contributed by atoms with Crippen LogP contribution in [0.15, 0.2) is 23.2 Å². The number of anilines is 1. The molecule has 1 aliphatic heterocycles. The molecule has 0 spiro atoms. The van der Waals surface area contributed by atoms with E-state index in [2.05, 4.69) is 26.1 Å². The number of hydrogen-bond donors (Lipinski definition) is 1. The second-order valence-corrected chi connectivity index (χ2v) is 6.12. The second-order valence-electron chi connectivity index (χ2n) is 4.72. The number of nitrogens with zero attached hydrogens (tertiary/aromatic N) is 1. The van der Waals surface area contributed by atoms with Crippen LogP contribution in [0.3, 0.4) is 0 Å². The van der Waals surface area contributed by atoms with E-state index in [1.165, 1.54) is 5.56 Å². The first-order valence-corrected chi connectivity index (χ1v) is 7.71. The fourth-order valence-corrected chi connectivity index (χ4v) is 3.49. The van der Waals surface area contributed by atoms with Crippen LogP contribution in [0.5, 0.6) is 0 Å². The Kier molecular flexibility index (Phi) is 4.23. The first-order valence-electron chi connectivity index (χ1n) is 6.34. The molecule has 1 aromatic rings. The Hall–Kier alpha value is -0.670. The maximum atomic E-state index is 6.03. The van der Waals surface area contributed by atoms with Gasteiger partial charge in [0.1, 0.15) is 0 Å². The fourth-order valence-electron chi connectivity index (χ4n) is 2.00. The summed E-state index contributed by atoms with van der Waals surface area (Å²) >= 11 is 7.83. The van der Waals surface area contributed by atoms with Crippen molar-refractivity contribution in [2.75, 3.05) is 11.1 Å². The summed E-state index contributed by atoms with van der Waals surface area (Å²) in [5.74, 6) is 1.07. The van der Waals surface area contributed by atoms with Gasteiger partial charge in [-0.3, -0.25) is 4.99 Å². The van der Waals surface area contributed by atoms with E-state index in [-0.39, 0.29) is 5.54 Å². The van der Waals surface area contributed by atoms with Crippen LogP contribution in [0.1, 0.15) is 32.3 Å². The van der Waals surface area contributed by atoms with E-state index < -0.39 is 0 Å². The van der Waals surface area contributed by atoms with Gasteiger partial charge in [0.15, 0.2) is 5.17 Å². The molecular formula is C14H19ClN2S. The topological polar surface area (TPSA) is 24.4 Å². The van der Waals surface area contributed by atoms with Gasteiger partial charge in [0.05, 0.1) is 5.54 Å². The summed E-state index contributed by atoms with van der Waals surface area (Å²) in [5.41, 5.74) is 2.37. The van der Waals surface area contributed by atoms with Crippen LogP contribution in [0.25, 0.3) is 0 Å². The molecule has 0 unspecified atom stereocenters. The average molecular weight is 283 g/mol. The molecule has 0 amide bonds. The van der Waals surface area contributed by atoms with Crippen molar-refractivity contribution in [2.45, 2.75) is 39.2 Å². The molecule has 1 N–H and O–H groups in total. The van der Waals surface area contributed by atoms with E-state index in [9.17, 15) is 0 Å². The number of rotatable bonds is 3. The molecule has 18 heavy (non-hydrogen) atoms. The highest BCUT2D eigenvalue weighted by molar-refractivity contribution is 8.14. The first-order chi connectivity index (χ1) is 8.58. The van der Waals surface area contributed by atoms with Gasteiger partial charge in [-0.2, -0.15) is 0 Å². The molecule has 1 heterocycles. The lowest BCUT2D eigenvalue weighted by molar-refractivity contribution is 0.456. The molecule has 4 heteroatoms. The fraction of sp³-hybridized carbons (Fsp3) is 0.500. The van der Waals surface area contributed by atoms with Gasteiger partial charge in [-0.1, -0.05) is 43.3 Å². The zero-order valence-corrected chi connectivity index (χ0v) is 12.7. The van der Waals surface area contributed by atoms with Gasteiger partial charge in [0.25, 0.3) is 0 Å². The van der Waals surface area contributed by atoms with E-state index >= 15 is 0 Å². The van der Waals surface area contributed by atoms with Crippen LogP contribution >= 0.6 is 23.4 Å². The molecule has 0 saturated heterocycles. The van der Waals surface area contributed by atoms with Crippen LogP contribution in [-0.4, -0.2) is 16.5 Å². The maximum absolute atomic E-state index is 6.03. The standard InChI is InChI=1S/C14H19ClN2S/c1-4-14(5-2)9-18-13(17-14)16-12-8-11(15)7-6-10(12)3/h6-8H,4-5,9H2,1-3H3,(H,16,17). The Bertz CT molecular complexity index is 467. The zero-order valence-electron chi connectivity index (χ0n) is 11.1. The number of aliphatic imine (C=N–C) groups is 1. The molecule has 0 atom stereocenters. The number of thioether (sulfide) groups is 1. The van der Waals surface area contributed by atoms with Crippen molar-refractivity contribution in [1.82, 2.24) is 0 Å². The molecule has 2 nitrogen and oxygen atoms in total. The monoisotopic (exact) mass is 282 g/mol. The molecule has 1 aliphatic rings. The van der Waals surface area contributed by atoms with Crippen molar-refractivity contribution in [3.8, 4) is 0 Å². The Morgan fingerprint density at radius 2 is 2.11 bits per heavy atom. The molecule has 0 bridgehead atoms. The summed E-state index contributed by atoms with van der Waals surface area (Å²) in [4.78, 5) is 4.85. The Balaban J connectivity index is 2.18. The van der Waals surface area contributed by atoms with Gasteiger partial charge in [-0.25, -0.2) is 0 Å². The Morgan fingerprint density at radius 3 is 2.72 bits per heavy atom. The lowest BCUT2D eigenvalue weighted by atomic mass is 9.97. The first kappa shape index (κ1) is 13.8. The summed E-state index contributed by atoms with van der Waals surface area (Å²) in [6.07, 6.45) is 2.19. The summed E-state index contributed by atoms with van der Waals surface area (Å²) in [6, 6.07) is 5.89. The number of benzene rings is 1. The number of amidine groups is 1. The quantitative estimate of drug-likeness (QED) is 0.867. The minimum Gasteiger partial charge on any atom is -0.335 e. The lowest BCUT2D eigenvalue weighted by Gasteiger charge is -2.20. The second kappa shape index (κ2) is 5.54. The molecule has 1 aromatic carbocycles. The number of halogens is 1. The summed E-state index contributed by atoms with van der Waals surface area (Å²) in [5, 5.41) is 5.17. The van der Waals surface area contributed by atoms with Crippen LogP contribution in [0.4, 0.5) is 5.69 Å². The van der Waals surface area contributed by atoms with Gasteiger partial charge < -0.3 is 5.32 Å². The molecule has 0 aromatic heterocycles. The minimum absolute atomic E-state index is 0.124. The molecule has 0 saturated carbocycles. The average Bonchev–Trinajstić information content (AvgIpc) is 2.78. The highest BCUT2D eigenvalue weighted by Crippen LogP contribution is 2.34. The van der Waals surface area contributed by atoms with Crippen LogP contribution in [0.2, 0.25) is 5.02 Å². The third kappa shape index (κ3) is 2.83. The molecule has 0 radical (unpaired) electrons. The maximum Gasteiger partial charge on any atom is 0.161 e. The smallest absolute Gasteiger partial charge is 0.161 e. The third-order valence-corrected chi connectivity index (χ3v) is 4.96. The van der Waals surface area contributed by atoms with E-state index in [1.54, 1.807) is 11.8 Å². The van der Waals surface area contributed by atoms with Crippen LogP contribution in [0, 0.1) is 6.92 Å². The van der Waals surface area contributed by atoms with E-state index in [4.69, 9.17) is 16.6 Å². The predicted octanol–water partition coefficient (Wildman–Crippen LogP) is 4.72. The summed E-state index contributed by atoms with van der Waals surface area (Å²) in [7, 11) is 0. The molecule has 0 fully saturated rings. The Labute approximate surface area is 118 Å². The van der Waals surface area contributed by atoms with Crippen molar-refractivity contribution in [1.29, 1.82) is 0 Å². The van der Waals surface area contributed by atoms with Crippen molar-refractivity contribution >= 4 is 34.2 Å². The summed E-state index contributed by atoms with van der Waals surface area (Å²) < 4.78 is 0. The highest BCUT2D eigenvalue weighted by atomic mass is 35.5. The van der Waals surface area contributed by atoms with Gasteiger partial charge >= 0.3 is 0 Å². The van der Waals surface area contributed by atoms with Crippen LogP contribution in [-0.2, 0) is 0 Å². The van der Waals surface area contributed by atoms with E-state index in [0.717, 1.165) is 34.5 Å². The van der Waals surface area contributed by atoms with Gasteiger partial charge in [0, 0.05) is 16.5 Å². The molecular weight excluding hydrogens is 264 g/mol. The van der Waals surface area contributed by atoms with Crippen molar-refractivity contribution in [2.24, 2.45) is 4.99 Å². The normalized spacial score (nSPS) is 17.7. The van der Waals surface area contributed by atoms with Crippen molar-refractivity contribution in [3.05, 3.63) is 28.8 Å². The predicted molar refractivity (Wildman–Crippen MR) is 83.0 cm³/mol. The minimum atomic E-state index is 0.124.